The first-order valence-corrected chi connectivity index (χ1v) is 8.76. The maximum Gasteiger partial charge on any atom is 0.413 e. The Kier molecular flexibility index (Phi) is 7.38. The number of nitrogens with zero attached hydrogens (tertiary/aromatic N) is 3. The summed E-state index contributed by atoms with van der Waals surface area (Å²) in [6.45, 7) is 0.200. The van der Waals surface area contributed by atoms with Gasteiger partial charge in [0.15, 0.2) is 0 Å². The average Bonchev–Trinajstić information content (AvgIpc) is 2.67. The van der Waals surface area contributed by atoms with E-state index < -0.39 is 17.9 Å². The second kappa shape index (κ2) is 9.74. The zero-order valence-electron chi connectivity index (χ0n) is 16.0. The molecule has 29 heavy (non-hydrogen) atoms. The number of urea groups is 1. The van der Waals surface area contributed by atoms with E-state index in [-0.39, 0.29) is 29.0 Å². The largest absolute Gasteiger partial charge is 0.487 e. The molecule has 0 aliphatic heterocycles. The van der Waals surface area contributed by atoms with Gasteiger partial charge in [0.2, 0.25) is 5.96 Å². The number of halogens is 2. The molecule has 10 heteroatoms. The lowest BCUT2D eigenvalue weighted by molar-refractivity contribution is 0.172. The van der Waals surface area contributed by atoms with E-state index in [0.717, 1.165) is 16.5 Å². The molecule has 0 spiro atoms. The lowest BCUT2D eigenvalue weighted by Crippen LogP contribution is -2.41. The fraction of sp³-hybridized carbons (Fsp3) is 0.211. The van der Waals surface area contributed by atoms with Crippen LogP contribution in [0.25, 0.3) is 0 Å². The van der Waals surface area contributed by atoms with Gasteiger partial charge in [-0.05, 0) is 11.6 Å². The van der Waals surface area contributed by atoms with E-state index in [2.05, 4.69) is 10.3 Å². The van der Waals surface area contributed by atoms with Crippen molar-refractivity contribution in [2.75, 3.05) is 26.5 Å². The van der Waals surface area contributed by atoms with Gasteiger partial charge in [-0.15, -0.1) is 0 Å². The summed E-state index contributed by atoms with van der Waals surface area (Å²) >= 11 is 6.02. The molecular weight excluding hydrogens is 403 g/mol. The number of benzene rings is 2. The van der Waals surface area contributed by atoms with E-state index in [1.807, 2.05) is 30.3 Å². The summed E-state index contributed by atoms with van der Waals surface area (Å²) in [6.07, 6.45) is -1.31. The van der Waals surface area contributed by atoms with Crippen LogP contribution in [0.5, 0.6) is 5.75 Å². The van der Waals surface area contributed by atoms with Gasteiger partial charge < -0.3 is 20.1 Å². The summed E-state index contributed by atoms with van der Waals surface area (Å²) in [5, 5.41) is 11.4. The number of carboxylic acid groups (broad SMARTS) is 1. The van der Waals surface area contributed by atoms with Crippen LogP contribution in [0.4, 0.5) is 19.7 Å². The molecule has 0 saturated heterocycles. The maximum absolute atomic E-state index is 14.2. The van der Waals surface area contributed by atoms with E-state index in [9.17, 15) is 14.0 Å². The monoisotopic (exact) mass is 422 g/mol. The van der Waals surface area contributed by atoms with Gasteiger partial charge in [-0.3, -0.25) is 4.90 Å². The molecule has 0 aromatic heterocycles. The fourth-order valence-electron chi connectivity index (χ4n) is 2.27. The van der Waals surface area contributed by atoms with Crippen molar-refractivity contribution in [2.24, 2.45) is 4.99 Å². The lowest BCUT2D eigenvalue weighted by atomic mass is 10.2. The Labute approximate surface area is 172 Å². The summed E-state index contributed by atoms with van der Waals surface area (Å²) in [5.41, 5.74) is 0.678. The molecule has 0 radical (unpaired) electrons. The standard InChI is InChI=1S/C19H20ClFN4O4/c1-24(2)18(25(3)19(27)28)23-17(26)22-15-10-16(13(20)9-14(15)21)29-11-12-7-5-4-6-8-12/h4-10H,11H2,1-3H3,(H,22,26)(H,27,28). The molecule has 2 aromatic rings. The average molecular weight is 423 g/mol. The fourth-order valence-corrected chi connectivity index (χ4v) is 2.47. The van der Waals surface area contributed by atoms with Crippen molar-refractivity contribution < 1.29 is 23.8 Å². The Morgan fingerprint density at radius 3 is 2.45 bits per heavy atom. The number of ether oxygens (including phenoxy) is 1. The summed E-state index contributed by atoms with van der Waals surface area (Å²) in [4.78, 5) is 29.1. The third kappa shape index (κ3) is 6.08. The maximum atomic E-state index is 14.2. The Morgan fingerprint density at radius 2 is 1.86 bits per heavy atom. The van der Waals surface area contributed by atoms with Crippen molar-refractivity contribution >= 4 is 35.4 Å². The number of carbonyl (C=O) groups excluding carboxylic acids is 1. The minimum Gasteiger partial charge on any atom is -0.487 e. The van der Waals surface area contributed by atoms with Crippen LogP contribution in [-0.2, 0) is 6.61 Å². The molecule has 0 heterocycles. The molecule has 154 valence electrons. The van der Waals surface area contributed by atoms with Crippen LogP contribution in [0, 0.1) is 5.82 Å². The summed E-state index contributed by atoms with van der Waals surface area (Å²) < 4.78 is 19.8. The van der Waals surface area contributed by atoms with Crippen LogP contribution >= 0.6 is 11.6 Å². The zero-order chi connectivity index (χ0) is 21.6. The van der Waals surface area contributed by atoms with E-state index in [1.54, 1.807) is 0 Å². The molecule has 2 N–H and O–H groups in total. The second-order valence-corrected chi connectivity index (χ2v) is 6.52. The molecular formula is C19H20ClFN4O4. The molecule has 2 aromatic carbocycles. The number of aliphatic imine (C=N–C) groups is 1. The van der Waals surface area contributed by atoms with Crippen LogP contribution in [0.2, 0.25) is 5.02 Å². The highest BCUT2D eigenvalue weighted by atomic mass is 35.5. The van der Waals surface area contributed by atoms with Gasteiger partial charge in [0, 0.05) is 27.2 Å². The van der Waals surface area contributed by atoms with Gasteiger partial charge in [-0.1, -0.05) is 41.9 Å². The number of carbonyl (C=O) groups is 2. The third-order valence-corrected chi connectivity index (χ3v) is 3.98. The third-order valence-electron chi connectivity index (χ3n) is 3.69. The summed E-state index contributed by atoms with van der Waals surface area (Å²) in [7, 11) is 4.26. The molecule has 0 fully saturated rings. The molecule has 2 rings (SSSR count). The van der Waals surface area contributed by atoms with Gasteiger partial charge in [-0.2, -0.15) is 4.99 Å². The smallest absolute Gasteiger partial charge is 0.413 e. The van der Waals surface area contributed by atoms with Crippen molar-refractivity contribution in [2.45, 2.75) is 6.61 Å². The van der Waals surface area contributed by atoms with Crippen LogP contribution in [0.3, 0.4) is 0 Å². The predicted molar refractivity (Wildman–Crippen MR) is 108 cm³/mol. The molecule has 8 nitrogen and oxygen atoms in total. The Morgan fingerprint density at radius 1 is 1.21 bits per heavy atom. The number of guanidine groups is 1. The van der Waals surface area contributed by atoms with E-state index in [0.29, 0.717) is 0 Å². The van der Waals surface area contributed by atoms with Gasteiger partial charge in [0.25, 0.3) is 0 Å². The Hall–Kier alpha value is -3.33. The van der Waals surface area contributed by atoms with Gasteiger partial charge in [0.05, 0.1) is 10.7 Å². The molecule has 0 aliphatic rings. The van der Waals surface area contributed by atoms with Crippen molar-refractivity contribution in [1.29, 1.82) is 0 Å². The van der Waals surface area contributed by atoms with Gasteiger partial charge in [-0.25, -0.2) is 14.0 Å². The topological polar surface area (TPSA) is 94.5 Å². The normalized spacial score (nSPS) is 11.0. The van der Waals surface area contributed by atoms with E-state index in [4.69, 9.17) is 21.4 Å². The number of anilines is 1. The first-order chi connectivity index (χ1) is 13.7. The number of rotatable bonds is 4. The quantitative estimate of drug-likeness (QED) is 0.571. The minimum absolute atomic E-state index is 0.0412. The number of hydrogen-bond donors (Lipinski definition) is 2. The van der Waals surface area contributed by atoms with Crippen molar-refractivity contribution in [3.8, 4) is 5.75 Å². The SMILES string of the molecule is CN(C)C(=NC(=O)Nc1cc(OCc2ccccc2)c(Cl)cc1F)N(C)C(=O)O. The molecule has 0 saturated carbocycles. The van der Waals surface area contributed by atoms with Crippen molar-refractivity contribution in [3.63, 3.8) is 0 Å². The molecule has 0 bridgehead atoms. The van der Waals surface area contributed by atoms with E-state index >= 15 is 0 Å². The van der Waals surface area contributed by atoms with Crippen LogP contribution < -0.4 is 10.1 Å². The first-order valence-electron chi connectivity index (χ1n) is 8.38. The first kappa shape index (κ1) is 22.0. The second-order valence-electron chi connectivity index (χ2n) is 6.11. The highest BCUT2D eigenvalue weighted by molar-refractivity contribution is 6.32. The molecule has 0 atom stereocenters. The van der Waals surface area contributed by atoms with Crippen molar-refractivity contribution in [1.82, 2.24) is 9.80 Å². The number of amides is 3. The number of hydrogen-bond acceptors (Lipinski definition) is 3. The van der Waals surface area contributed by atoms with Gasteiger partial charge >= 0.3 is 12.1 Å². The summed E-state index contributed by atoms with van der Waals surface area (Å²) in [6, 6.07) is 10.6. The van der Waals surface area contributed by atoms with Crippen LogP contribution in [0.1, 0.15) is 5.56 Å². The predicted octanol–water partition coefficient (Wildman–Crippen LogP) is 4.12. The molecule has 3 amide bonds. The Balaban J connectivity index is 2.20. The highest BCUT2D eigenvalue weighted by Gasteiger charge is 2.18. The Bertz CT molecular complexity index is 922. The van der Waals surface area contributed by atoms with Crippen LogP contribution in [-0.4, -0.2) is 54.1 Å². The molecule has 0 unspecified atom stereocenters. The van der Waals surface area contributed by atoms with Crippen molar-refractivity contribution in [3.05, 3.63) is 58.9 Å². The zero-order valence-corrected chi connectivity index (χ0v) is 16.8. The lowest BCUT2D eigenvalue weighted by Gasteiger charge is -2.22. The number of nitrogens with one attached hydrogen (secondary N) is 1. The van der Waals surface area contributed by atoms with Gasteiger partial charge in [0.1, 0.15) is 18.2 Å². The molecule has 0 aliphatic carbocycles. The van der Waals surface area contributed by atoms with Crippen LogP contribution in [0.15, 0.2) is 47.5 Å². The minimum atomic E-state index is -1.31. The van der Waals surface area contributed by atoms with E-state index in [1.165, 1.54) is 32.1 Å². The highest BCUT2D eigenvalue weighted by Crippen LogP contribution is 2.31. The summed E-state index contributed by atoms with van der Waals surface area (Å²) in [5.74, 6) is -0.764.